The zero-order chi connectivity index (χ0) is 17.6. The van der Waals surface area contributed by atoms with Gasteiger partial charge in [-0.05, 0) is 36.1 Å². The Morgan fingerprint density at radius 2 is 2.04 bits per heavy atom. The van der Waals surface area contributed by atoms with Crippen molar-refractivity contribution < 1.29 is 9.59 Å². The molecule has 0 aromatic carbocycles. The summed E-state index contributed by atoms with van der Waals surface area (Å²) in [5.74, 6) is -0.142. The third kappa shape index (κ3) is 4.51. The Hall–Kier alpha value is -3.00. The summed E-state index contributed by atoms with van der Waals surface area (Å²) in [6.45, 7) is 2.22. The molecule has 3 heterocycles. The van der Waals surface area contributed by atoms with Crippen molar-refractivity contribution in [2.45, 2.75) is 19.5 Å². The first-order chi connectivity index (χ1) is 12.1. The molecule has 0 bridgehead atoms. The molecule has 0 aliphatic rings. The zero-order valence-corrected chi connectivity index (χ0v) is 14.4. The first kappa shape index (κ1) is 16.8. The highest BCUT2D eigenvalue weighted by atomic mass is 32.1. The van der Waals surface area contributed by atoms with E-state index in [9.17, 15) is 9.59 Å². The van der Waals surface area contributed by atoms with Gasteiger partial charge in [0, 0.05) is 24.7 Å². The van der Waals surface area contributed by atoms with Crippen LogP contribution in [0.25, 0.3) is 0 Å². The molecule has 0 aliphatic heterocycles. The Morgan fingerprint density at radius 3 is 2.76 bits per heavy atom. The van der Waals surface area contributed by atoms with Crippen molar-refractivity contribution >= 4 is 29.0 Å². The maximum Gasteiger partial charge on any atom is 0.261 e. The van der Waals surface area contributed by atoms with E-state index in [4.69, 9.17) is 0 Å². The predicted octanol–water partition coefficient (Wildman–Crippen LogP) is 2.14. The van der Waals surface area contributed by atoms with E-state index in [1.165, 1.54) is 11.3 Å². The largest absolute Gasteiger partial charge is 0.340 e. The molecule has 7 nitrogen and oxygen atoms in total. The normalized spacial score (nSPS) is 11.7. The van der Waals surface area contributed by atoms with Crippen LogP contribution in [0, 0.1) is 0 Å². The number of thiophene rings is 1. The van der Waals surface area contributed by atoms with E-state index in [1.54, 1.807) is 48.4 Å². The topological polar surface area (TPSA) is 88.9 Å². The lowest BCUT2D eigenvalue weighted by atomic mass is 10.3. The van der Waals surface area contributed by atoms with Crippen molar-refractivity contribution in [2.24, 2.45) is 0 Å². The van der Waals surface area contributed by atoms with Gasteiger partial charge in [-0.3, -0.25) is 19.3 Å². The van der Waals surface area contributed by atoms with Crippen LogP contribution in [0.1, 0.15) is 22.2 Å². The van der Waals surface area contributed by atoms with Gasteiger partial charge in [-0.25, -0.2) is 0 Å². The van der Waals surface area contributed by atoms with Gasteiger partial charge in [-0.1, -0.05) is 6.07 Å². The molecule has 3 aromatic rings. The Kier molecular flexibility index (Phi) is 5.20. The Labute approximate surface area is 148 Å². The van der Waals surface area contributed by atoms with Crippen molar-refractivity contribution in [2.75, 3.05) is 5.32 Å². The summed E-state index contributed by atoms with van der Waals surface area (Å²) in [5, 5.41) is 11.5. The number of pyridine rings is 1. The van der Waals surface area contributed by atoms with E-state index in [0.29, 0.717) is 17.2 Å². The van der Waals surface area contributed by atoms with Gasteiger partial charge >= 0.3 is 0 Å². The minimum absolute atomic E-state index is 0.263. The minimum Gasteiger partial charge on any atom is -0.340 e. The third-order valence-electron chi connectivity index (χ3n) is 3.47. The molecule has 3 rings (SSSR count). The van der Waals surface area contributed by atoms with Gasteiger partial charge in [-0.2, -0.15) is 5.10 Å². The number of hydrogen-bond acceptors (Lipinski definition) is 5. The van der Waals surface area contributed by atoms with Gasteiger partial charge in [0.1, 0.15) is 6.04 Å². The average molecular weight is 355 g/mol. The molecule has 1 atom stereocenters. The van der Waals surface area contributed by atoms with Crippen LogP contribution in [0.4, 0.5) is 5.82 Å². The number of nitrogens with zero attached hydrogens (tertiary/aromatic N) is 3. The van der Waals surface area contributed by atoms with E-state index >= 15 is 0 Å². The van der Waals surface area contributed by atoms with Crippen molar-refractivity contribution in [3.05, 3.63) is 64.7 Å². The third-order valence-corrected chi connectivity index (χ3v) is 4.34. The van der Waals surface area contributed by atoms with Crippen LogP contribution in [-0.2, 0) is 11.3 Å². The molecule has 0 aliphatic carbocycles. The van der Waals surface area contributed by atoms with E-state index in [0.717, 1.165) is 5.56 Å². The van der Waals surface area contributed by atoms with Gasteiger partial charge < -0.3 is 10.6 Å². The molecule has 0 radical (unpaired) electrons. The maximum atomic E-state index is 12.2. The molecule has 0 saturated heterocycles. The number of aromatic nitrogens is 3. The van der Waals surface area contributed by atoms with Crippen molar-refractivity contribution in [1.29, 1.82) is 0 Å². The minimum atomic E-state index is -0.667. The standard InChI is InChI=1S/C17H17N5O2S/c1-12(19-17(24)14-3-2-10-25-14)16(23)20-15-6-9-22(21-15)11-13-4-7-18-8-5-13/h2-10,12H,11H2,1H3,(H,19,24)(H,20,21,23). The second-order valence-corrected chi connectivity index (χ2v) is 6.36. The molecule has 0 saturated carbocycles. The monoisotopic (exact) mass is 355 g/mol. The van der Waals surface area contributed by atoms with Crippen LogP contribution >= 0.6 is 11.3 Å². The highest BCUT2D eigenvalue weighted by Crippen LogP contribution is 2.09. The number of carbonyl (C=O) groups is 2. The van der Waals surface area contributed by atoms with E-state index < -0.39 is 6.04 Å². The first-order valence-electron chi connectivity index (χ1n) is 7.69. The smallest absolute Gasteiger partial charge is 0.261 e. The van der Waals surface area contributed by atoms with Crippen LogP contribution in [0.3, 0.4) is 0 Å². The Balaban J connectivity index is 1.55. The van der Waals surface area contributed by atoms with Gasteiger partial charge in [0.05, 0.1) is 11.4 Å². The first-order valence-corrected chi connectivity index (χ1v) is 8.57. The Bertz CT molecular complexity index is 845. The number of carbonyl (C=O) groups excluding carboxylic acids is 2. The van der Waals surface area contributed by atoms with Crippen molar-refractivity contribution in [1.82, 2.24) is 20.1 Å². The summed E-state index contributed by atoms with van der Waals surface area (Å²) in [5.41, 5.74) is 1.06. The lowest BCUT2D eigenvalue weighted by molar-refractivity contribution is -0.117. The zero-order valence-electron chi connectivity index (χ0n) is 13.5. The molecular formula is C17H17N5O2S. The number of hydrogen-bond donors (Lipinski definition) is 2. The van der Waals surface area contributed by atoms with Crippen molar-refractivity contribution in [3.8, 4) is 0 Å². The quantitative estimate of drug-likeness (QED) is 0.709. The summed E-state index contributed by atoms with van der Waals surface area (Å²) in [7, 11) is 0. The lowest BCUT2D eigenvalue weighted by Gasteiger charge is -2.12. The van der Waals surface area contributed by atoms with Crippen LogP contribution < -0.4 is 10.6 Å². The number of amides is 2. The lowest BCUT2D eigenvalue weighted by Crippen LogP contribution is -2.41. The fourth-order valence-electron chi connectivity index (χ4n) is 2.17. The van der Waals surface area contributed by atoms with Crippen LogP contribution in [0.2, 0.25) is 0 Å². The average Bonchev–Trinajstić information content (AvgIpc) is 3.28. The van der Waals surface area contributed by atoms with Crippen LogP contribution in [0.5, 0.6) is 0 Å². The highest BCUT2D eigenvalue weighted by molar-refractivity contribution is 7.12. The van der Waals surface area contributed by atoms with E-state index in [1.807, 2.05) is 17.5 Å². The van der Waals surface area contributed by atoms with E-state index in [2.05, 4.69) is 20.7 Å². The molecule has 2 amide bonds. The Morgan fingerprint density at radius 1 is 1.24 bits per heavy atom. The second-order valence-electron chi connectivity index (χ2n) is 5.42. The fourth-order valence-corrected chi connectivity index (χ4v) is 2.79. The number of rotatable bonds is 6. The SMILES string of the molecule is CC(NC(=O)c1cccs1)C(=O)Nc1ccn(Cc2ccncc2)n1. The summed E-state index contributed by atoms with van der Waals surface area (Å²) < 4.78 is 1.72. The van der Waals surface area contributed by atoms with Gasteiger partial charge in [0.25, 0.3) is 5.91 Å². The van der Waals surface area contributed by atoms with Crippen molar-refractivity contribution in [3.63, 3.8) is 0 Å². The second kappa shape index (κ2) is 7.71. The maximum absolute atomic E-state index is 12.2. The number of nitrogens with one attached hydrogen (secondary N) is 2. The number of anilines is 1. The molecular weight excluding hydrogens is 338 g/mol. The molecule has 128 valence electrons. The molecule has 1 unspecified atom stereocenters. The summed E-state index contributed by atoms with van der Waals surface area (Å²) in [6.07, 6.45) is 5.23. The summed E-state index contributed by atoms with van der Waals surface area (Å²) in [6, 6.07) is 8.36. The van der Waals surface area contributed by atoms with Gasteiger partial charge in [0.2, 0.25) is 5.91 Å². The molecule has 2 N–H and O–H groups in total. The van der Waals surface area contributed by atoms with E-state index in [-0.39, 0.29) is 11.8 Å². The predicted molar refractivity (Wildman–Crippen MR) is 95.4 cm³/mol. The fraction of sp³-hybridized carbons (Fsp3) is 0.176. The van der Waals surface area contributed by atoms with Crippen LogP contribution in [0.15, 0.2) is 54.3 Å². The van der Waals surface area contributed by atoms with Gasteiger partial charge in [-0.15, -0.1) is 11.3 Å². The molecule has 8 heteroatoms. The summed E-state index contributed by atoms with van der Waals surface area (Å²) >= 11 is 1.33. The molecule has 0 fully saturated rings. The highest BCUT2D eigenvalue weighted by Gasteiger charge is 2.18. The molecule has 0 spiro atoms. The summed E-state index contributed by atoms with van der Waals surface area (Å²) in [4.78, 5) is 28.7. The molecule has 25 heavy (non-hydrogen) atoms. The van der Waals surface area contributed by atoms with Crippen LogP contribution in [-0.4, -0.2) is 32.6 Å². The molecule has 3 aromatic heterocycles. The van der Waals surface area contributed by atoms with Gasteiger partial charge in [0.15, 0.2) is 5.82 Å².